The first-order valence-corrected chi connectivity index (χ1v) is 6.05. The molecule has 0 aliphatic heterocycles. The lowest BCUT2D eigenvalue weighted by Gasteiger charge is -2.13. The molecule has 0 amide bonds. The van der Waals surface area contributed by atoms with Crippen molar-refractivity contribution in [3.63, 3.8) is 0 Å². The van der Waals surface area contributed by atoms with Gasteiger partial charge in [0.25, 0.3) is 0 Å². The molecule has 4 nitrogen and oxygen atoms in total. The highest BCUT2D eigenvalue weighted by Crippen LogP contribution is 2.16. The minimum atomic E-state index is 0.447. The number of nitriles is 1. The molecule has 1 heterocycles. The highest BCUT2D eigenvalue weighted by Gasteiger charge is 1.98. The van der Waals surface area contributed by atoms with Crippen LogP contribution in [0.1, 0.15) is 11.3 Å². The van der Waals surface area contributed by atoms with E-state index in [1.165, 1.54) is 5.69 Å². The molecule has 0 atom stereocenters. The number of hydrogen-bond acceptors (Lipinski definition) is 4. The van der Waals surface area contributed by atoms with Crippen LogP contribution < -0.4 is 10.2 Å². The lowest BCUT2D eigenvalue weighted by atomic mass is 10.2. The largest absolute Gasteiger partial charge is 0.381 e. The third-order valence-electron chi connectivity index (χ3n) is 2.82. The van der Waals surface area contributed by atoms with E-state index in [9.17, 15) is 0 Å². The average molecular weight is 252 g/mol. The van der Waals surface area contributed by atoms with Gasteiger partial charge in [-0.1, -0.05) is 0 Å². The molecule has 0 fully saturated rings. The standard InChI is InChI=1S/C15H16N4/c1-19(2)15-5-3-13(4-6-15)18-11-12-7-8-17-14(9-12)10-16/h3-9,18H,11H2,1-2H3. The van der Waals surface area contributed by atoms with Crippen LogP contribution in [0.4, 0.5) is 11.4 Å². The Morgan fingerprint density at radius 1 is 1.21 bits per heavy atom. The number of rotatable bonds is 4. The maximum atomic E-state index is 8.79. The van der Waals surface area contributed by atoms with Gasteiger partial charge in [-0.05, 0) is 42.0 Å². The van der Waals surface area contributed by atoms with Crippen molar-refractivity contribution in [2.24, 2.45) is 0 Å². The summed E-state index contributed by atoms with van der Waals surface area (Å²) < 4.78 is 0. The molecule has 0 aliphatic carbocycles. The predicted octanol–water partition coefficient (Wildman–Crippen LogP) is 2.63. The molecule has 0 bridgehead atoms. The molecule has 0 saturated heterocycles. The molecule has 0 aliphatic rings. The van der Waals surface area contributed by atoms with Crippen LogP contribution in [0, 0.1) is 11.3 Å². The number of pyridine rings is 1. The maximum absolute atomic E-state index is 8.79. The Kier molecular flexibility index (Phi) is 3.99. The molecular formula is C15H16N4. The molecule has 2 rings (SSSR count). The lowest BCUT2D eigenvalue weighted by molar-refractivity contribution is 1.11. The summed E-state index contributed by atoms with van der Waals surface area (Å²) in [6.07, 6.45) is 1.66. The molecule has 1 aromatic carbocycles. The Bertz CT molecular complexity index is 582. The Morgan fingerprint density at radius 2 is 1.95 bits per heavy atom. The fourth-order valence-electron chi connectivity index (χ4n) is 1.73. The van der Waals surface area contributed by atoms with Gasteiger partial charge in [-0.2, -0.15) is 5.26 Å². The maximum Gasteiger partial charge on any atom is 0.140 e. The van der Waals surface area contributed by atoms with Crippen molar-refractivity contribution in [2.75, 3.05) is 24.3 Å². The molecule has 1 aromatic heterocycles. The normalized spacial score (nSPS) is 9.74. The van der Waals surface area contributed by atoms with E-state index in [-0.39, 0.29) is 0 Å². The summed E-state index contributed by atoms with van der Waals surface area (Å²) in [6.45, 7) is 0.679. The second-order valence-electron chi connectivity index (χ2n) is 4.46. The second kappa shape index (κ2) is 5.87. The summed E-state index contributed by atoms with van der Waals surface area (Å²) >= 11 is 0. The summed E-state index contributed by atoms with van der Waals surface area (Å²) in [7, 11) is 4.03. The number of aromatic nitrogens is 1. The first-order chi connectivity index (χ1) is 9.19. The molecule has 96 valence electrons. The van der Waals surface area contributed by atoms with Crippen LogP contribution in [0.2, 0.25) is 0 Å². The van der Waals surface area contributed by atoms with Crippen LogP contribution >= 0.6 is 0 Å². The second-order valence-corrected chi connectivity index (χ2v) is 4.46. The fourth-order valence-corrected chi connectivity index (χ4v) is 1.73. The third-order valence-corrected chi connectivity index (χ3v) is 2.82. The van der Waals surface area contributed by atoms with Crippen LogP contribution in [-0.4, -0.2) is 19.1 Å². The zero-order valence-corrected chi connectivity index (χ0v) is 11.1. The Balaban J connectivity index is 2.00. The number of benzene rings is 1. The third kappa shape index (κ3) is 3.46. The minimum absolute atomic E-state index is 0.447. The quantitative estimate of drug-likeness (QED) is 0.908. The lowest BCUT2D eigenvalue weighted by Crippen LogP contribution is -2.08. The van der Waals surface area contributed by atoms with Gasteiger partial charge in [0.05, 0.1) is 0 Å². The first kappa shape index (κ1) is 12.9. The van der Waals surface area contributed by atoms with E-state index in [1.54, 1.807) is 12.3 Å². The molecule has 1 N–H and O–H groups in total. The topological polar surface area (TPSA) is 52.0 Å². The van der Waals surface area contributed by atoms with Crippen LogP contribution in [0.25, 0.3) is 0 Å². The Labute approximate surface area is 113 Å². The van der Waals surface area contributed by atoms with Gasteiger partial charge in [0.2, 0.25) is 0 Å². The van der Waals surface area contributed by atoms with Gasteiger partial charge in [0.1, 0.15) is 11.8 Å². The first-order valence-electron chi connectivity index (χ1n) is 6.05. The van der Waals surface area contributed by atoms with Crippen molar-refractivity contribution >= 4 is 11.4 Å². The predicted molar refractivity (Wildman–Crippen MR) is 77.0 cm³/mol. The molecule has 4 heteroatoms. The molecule has 2 aromatic rings. The monoisotopic (exact) mass is 252 g/mol. The van der Waals surface area contributed by atoms with Crippen molar-refractivity contribution in [3.8, 4) is 6.07 Å². The van der Waals surface area contributed by atoms with E-state index in [1.807, 2.05) is 38.4 Å². The SMILES string of the molecule is CN(C)c1ccc(NCc2ccnc(C#N)c2)cc1. The van der Waals surface area contributed by atoms with E-state index in [2.05, 4.69) is 27.3 Å². The summed E-state index contributed by atoms with van der Waals surface area (Å²) in [4.78, 5) is 6.01. The number of nitrogens with one attached hydrogen (secondary N) is 1. The van der Waals surface area contributed by atoms with E-state index in [0.717, 1.165) is 11.3 Å². The van der Waals surface area contributed by atoms with E-state index in [0.29, 0.717) is 12.2 Å². The zero-order valence-electron chi connectivity index (χ0n) is 11.1. The molecular weight excluding hydrogens is 236 g/mol. The summed E-state index contributed by atoms with van der Waals surface area (Å²) in [5, 5.41) is 12.1. The summed E-state index contributed by atoms with van der Waals surface area (Å²) in [5.41, 5.74) is 3.72. The Hall–Kier alpha value is -2.54. The number of anilines is 2. The number of nitrogens with zero attached hydrogens (tertiary/aromatic N) is 3. The van der Waals surface area contributed by atoms with Crippen LogP contribution in [0.3, 0.4) is 0 Å². The van der Waals surface area contributed by atoms with E-state index < -0.39 is 0 Å². The van der Waals surface area contributed by atoms with E-state index in [4.69, 9.17) is 5.26 Å². The van der Waals surface area contributed by atoms with Crippen molar-refractivity contribution < 1.29 is 0 Å². The highest BCUT2D eigenvalue weighted by molar-refractivity contribution is 5.54. The smallest absolute Gasteiger partial charge is 0.140 e. The summed E-state index contributed by atoms with van der Waals surface area (Å²) in [6, 6.07) is 14.0. The van der Waals surface area contributed by atoms with Gasteiger partial charge >= 0.3 is 0 Å². The minimum Gasteiger partial charge on any atom is -0.381 e. The highest BCUT2D eigenvalue weighted by atomic mass is 15.1. The Morgan fingerprint density at radius 3 is 2.58 bits per heavy atom. The van der Waals surface area contributed by atoms with Crippen molar-refractivity contribution in [1.82, 2.24) is 4.98 Å². The van der Waals surface area contributed by atoms with Gasteiger partial charge in [-0.15, -0.1) is 0 Å². The van der Waals surface area contributed by atoms with Gasteiger partial charge in [-0.25, -0.2) is 4.98 Å². The van der Waals surface area contributed by atoms with Crippen LogP contribution in [-0.2, 0) is 6.54 Å². The van der Waals surface area contributed by atoms with E-state index >= 15 is 0 Å². The molecule has 19 heavy (non-hydrogen) atoms. The van der Waals surface area contributed by atoms with Crippen molar-refractivity contribution in [3.05, 3.63) is 53.9 Å². The van der Waals surface area contributed by atoms with Gasteiger partial charge in [0, 0.05) is 38.2 Å². The van der Waals surface area contributed by atoms with Crippen LogP contribution in [0.15, 0.2) is 42.6 Å². The molecule has 0 saturated carbocycles. The van der Waals surface area contributed by atoms with Gasteiger partial charge in [-0.3, -0.25) is 0 Å². The molecule has 0 unspecified atom stereocenters. The average Bonchev–Trinajstić information content (AvgIpc) is 2.46. The van der Waals surface area contributed by atoms with Gasteiger partial charge in [0.15, 0.2) is 0 Å². The van der Waals surface area contributed by atoms with Crippen molar-refractivity contribution in [1.29, 1.82) is 5.26 Å². The van der Waals surface area contributed by atoms with Gasteiger partial charge < -0.3 is 10.2 Å². The molecule has 0 spiro atoms. The number of hydrogen-bond donors (Lipinski definition) is 1. The van der Waals surface area contributed by atoms with Crippen LogP contribution in [0.5, 0.6) is 0 Å². The summed E-state index contributed by atoms with van der Waals surface area (Å²) in [5.74, 6) is 0. The fraction of sp³-hybridized carbons (Fsp3) is 0.200. The zero-order chi connectivity index (χ0) is 13.7. The molecule has 0 radical (unpaired) electrons. The van der Waals surface area contributed by atoms with Crippen molar-refractivity contribution in [2.45, 2.75) is 6.54 Å².